The monoisotopic (exact) mass is 373 g/mol. The van der Waals surface area contributed by atoms with E-state index >= 15 is 0 Å². The molecule has 1 aromatic carbocycles. The lowest BCUT2D eigenvalue weighted by atomic mass is 10.1. The van der Waals surface area contributed by atoms with Crippen molar-refractivity contribution in [3.8, 4) is 11.5 Å². The second kappa shape index (κ2) is 6.49. The number of hydrogen-bond donors (Lipinski definition) is 0. The molecule has 0 saturated heterocycles. The zero-order valence-corrected chi connectivity index (χ0v) is 14.0. The van der Waals surface area contributed by atoms with Gasteiger partial charge in [0.1, 0.15) is 5.69 Å². The van der Waals surface area contributed by atoms with Gasteiger partial charge in [0.15, 0.2) is 11.6 Å². The van der Waals surface area contributed by atoms with Gasteiger partial charge >= 0.3 is 6.18 Å². The first-order valence-corrected chi connectivity index (χ1v) is 8.23. The molecular formula is C18H14F3N5O. The van der Waals surface area contributed by atoms with Gasteiger partial charge in [-0.25, -0.2) is 0 Å². The fourth-order valence-corrected chi connectivity index (χ4v) is 3.03. The first-order chi connectivity index (χ1) is 12.9. The Morgan fingerprint density at radius 2 is 1.89 bits per heavy atom. The number of benzene rings is 1. The number of halogens is 3. The van der Waals surface area contributed by atoms with Crippen LogP contribution >= 0.6 is 0 Å². The Hall–Kier alpha value is -3.23. The number of rotatable bonds is 2. The van der Waals surface area contributed by atoms with E-state index in [1.165, 1.54) is 17.0 Å². The zero-order valence-electron chi connectivity index (χ0n) is 14.0. The van der Waals surface area contributed by atoms with Crippen LogP contribution in [0.1, 0.15) is 21.7 Å². The third-order valence-corrected chi connectivity index (χ3v) is 4.37. The van der Waals surface area contributed by atoms with Crippen molar-refractivity contribution in [2.75, 3.05) is 6.54 Å². The van der Waals surface area contributed by atoms with Gasteiger partial charge in [0.25, 0.3) is 5.91 Å². The molecule has 0 atom stereocenters. The van der Waals surface area contributed by atoms with Crippen LogP contribution in [0.2, 0.25) is 0 Å². The number of aromatic nitrogens is 4. The molecule has 9 heteroatoms. The highest BCUT2D eigenvalue weighted by Gasteiger charge is 2.32. The van der Waals surface area contributed by atoms with E-state index in [1.807, 2.05) is 16.7 Å². The highest BCUT2D eigenvalue weighted by Crippen LogP contribution is 2.30. The first-order valence-electron chi connectivity index (χ1n) is 8.23. The number of hydrogen-bond acceptors (Lipinski definition) is 4. The van der Waals surface area contributed by atoms with E-state index in [-0.39, 0.29) is 12.1 Å². The van der Waals surface area contributed by atoms with Gasteiger partial charge in [0.2, 0.25) is 0 Å². The van der Waals surface area contributed by atoms with E-state index in [9.17, 15) is 18.0 Å². The molecule has 138 valence electrons. The summed E-state index contributed by atoms with van der Waals surface area (Å²) in [7, 11) is 0. The zero-order chi connectivity index (χ0) is 19.0. The maximum Gasteiger partial charge on any atom is 0.416 e. The third kappa shape index (κ3) is 3.27. The minimum absolute atomic E-state index is 0.00254. The van der Waals surface area contributed by atoms with Crippen LogP contribution in [0, 0.1) is 0 Å². The van der Waals surface area contributed by atoms with Crippen LogP contribution in [0.4, 0.5) is 13.2 Å². The predicted molar refractivity (Wildman–Crippen MR) is 89.4 cm³/mol. The van der Waals surface area contributed by atoms with Crippen molar-refractivity contribution in [2.24, 2.45) is 0 Å². The normalized spacial score (nSPS) is 14.1. The molecule has 3 heterocycles. The highest BCUT2D eigenvalue weighted by molar-refractivity contribution is 5.94. The lowest BCUT2D eigenvalue weighted by Crippen LogP contribution is -2.38. The number of fused-ring (bicyclic) bond motifs is 1. The van der Waals surface area contributed by atoms with Gasteiger partial charge in [-0.05, 0) is 30.3 Å². The van der Waals surface area contributed by atoms with Gasteiger partial charge in [0, 0.05) is 24.8 Å². The molecule has 0 radical (unpaired) electrons. The lowest BCUT2D eigenvalue weighted by molar-refractivity contribution is -0.137. The molecule has 27 heavy (non-hydrogen) atoms. The van der Waals surface area contributed by atoms with Crippen molar-refractivity contribution in [3.05, 3.63) is 65.6 Å². The topological polar surface area (TPSA) is 63.9 Å². The quantitative estimate of drug-likeness (QED) is 0.693. The second-order valence-corrected chi connectivity index (χ2v) is 6.11. The molecule has 2 aromatic heterocycles. The largest absolute Gasteiger partial charge is 0.416 e. The van der Waals surface area contributed by atoms with Crippen molar-refractivity contribution in [1.29, 1.82) is 0 Å². The standard InChI is InChI=1S/C18H14F3N5O/c19-18(20,21)13-5-3-4-12(10-13)17(27)25-8-9-26-15(11-25)23-24-16(26)14-6-1-2-7-22-14/h1-7,10H,8-9,11H2. The number of carbonyl (C=O) groups is 1. The molecular weight excluding hydrogens is 359 g/mol. The summed E-state index contributed by atoms with van der Waals surface area (Å²) >= 11 is 0. The van der Waals surface area contributed by atoms with Gasteiger partial charge in [-0.1, -0.05) is 12.1 Å². The van der Waals surface area contributed by atoms with Crippen LogP contribution in [-0.2, 0) is 19.3 Å². The third-order valence-electron chi connectivity index (χ3n) is 4.37. The van der Waals surface area contributed by atoms with E-state index in [2.05, 4.69) is 15.2 Å². The molecule has 0 fully saturated rings. The molecule has 4 rings (SSSR count). The molecule has 0 spiro atoms. The SMILES string of the molecule is O=C(c1cccc(C(F)(F)F)c1)N1CCn2c(nnc2-c2ccccn2)C1. The summed E-state index contributed by atoms with van der Waals surface area (Å²) in [5, 5.41) is 8.26. The average molecular weight is 373 g/mol. The van der Waals surface area contributed by atoms with Crippen LogP contribution in [0.25, 0.3) is 11.5 Å². The minimum Gasteiger partial charge on any atom is -0.329 e. The average Bonchev–Trinajstić information content (AvgIpc) is 3.11. The number of amides is 1. The van der Waals surface area contributed by atoms with E-state index in [0.717, 1.165) is 12.1 Å². The first kappa shape index (κ1) is 17.2. The van der Waals surface area contributed by atoms with Gasteiger partial charge in [-0.15, -0.1) is 10.2 Å². The summed E-state index contributed by atoms with van der Waals surface area (Å²) in [6.07, 6.45) is -2.83. The van der Waals surface area contributed by atoms with Crippen LogP contribution in [0.15, 0.2) is 48.7 Å². The van der Waals surface area contributed by atoms with E-state index in [4.69, 9.17) is 0 Å². The van der Waals surface area contributed by atoms with Crippen molar-refractivity contribution < 1.29 is 18.0 Å². The van der Waals surface area contributed by atoms with Crippen molar-refractivity contribution >= 4 is 5.91 Å². The Balaban J connectivity index is 1.57. The maximum absolute atomic E-state index is 12.9. The molecule has 6 nitrogen and oxygen atoms in total. The van der Waals surface area contributed by atoms with E-state index in [1.54, 1.807) is 12.3 Å². The van der Waals surface area contributed by atoms with E-state index < -0.39 is 17.6 Å². The number of pyridine rings is 1. The summed E-state index contributed by atoms with van der Waals surface area (Å²) in [6, 6.07) is 9.90. The molecule has 0 N–H and O–H groups in total. The van der Waals surface area contributed by atoms with Crippen molar-refractivity contribution in [2.45, 2.75) is 19.3 Å². The molecule has 1 aliphatic heterocycles. The summed E-state index contributed by atoms with van der Waals surface area (Å²) in [4.78, 5) is 18.4. The van der Waals surface area contributed by atoms with Crippen LogP contribution < -0.4 is 0 Å². The Morgan fingerprint density at radius 1 is 1.04 bits per heavy atom. The van der Waals surface area contributed by atoms with Gasteiger partial charge in [-0.3, -0.25) is 9.78 Å². The second-order valence-electron chi connectivity index (χ2n) is 6.11. The summed E-state index contributed by atoms with van der Waals surface area (Å²) in [5.74, 6) is 0.716. The molecule has 0 saturated carbocycles. The Bertz CT molecular complexity index is 984. The van der Waals surface area contributed by atoms with Gasteiger partial charge < -0.3 is 9.47 Å². The lowest BCUT2D eigenvalue weighted by Gasteiger charge is -2.28. The van der Waals surface area contributed by atoms with Gasteiger partial charge in [0.05, 0.1) is 12.1 Å². The molecule has 0 bridgehead atoms. The maximum atomic E-state index is 12.9. The van der Waals surface area contributed by atoms with Crippen LogP contribution in [0.5, 0.6) is 0 Å². The van der Waals surface area contributed by atoms with Gasteiger partial charge in [-0.2, -0.15) is 13.2 Å². The summed E-state index contributed by atoms with van der Waals surface area (Å²) < 4.78 is 40.5. The molecule has 0 aliphatic carbocycles. The van der Waals surface area contributed by atoms with Crippen LogP contribution in [0.3, 0.4) is 0 Å². The molecule has 3 aromatic rings. The Kier molecular flexibility index (Phi) is 4.14. The molecule has 1 amide bonds. The van der Waals surface area contributed by atoms with Crippen molar-refractivity contribution in [1.82, 2.24) is 24.6 Å². The summed E-state index contributed by atoms with van der Waals surface area (Å²) in [6.45, 7) is 0.966. The number of carbonyl (C=O) groups excluding carboxylic acids is 1. The number of alkyl halides is 3. The fraction of sp³-hybridized carbons (Fsp3) is 0.222. The van der Waals surface area contributed by atoms with Crippen molar-refractivity contribution in [3.63, 3.8) is 0 Å². The minimum atomic E-state index is -4.49. The molecule has 1 aliphatic rings. The van der Waals surface area contributed by atoms with E-state index in [0.29, 0.717) is 30.4 Å². The Labute approximate surface area is 152 Å². The Morgan fingerprint density at radius 3 is 2.63 bits per heavy atom. The molecule has 0 unspecified atom stereocenters. The smallest absolute Gasteiger partial charge is 0.329 e. The predicted octanol–water partition coefficient (Wildman–Crippen LogP) is 3.01. The number of nitrogens with zero attached hydrogens (tertiary/aromatic N) is 5. The van der Waals surface area contributed by atoms with Crippen LogP contribution in [-0.4, -0.2) is 37.1 Å². The summed E-state index contributed by atoms with van der Waals surface area (Å²) in [5.41, 5.74) is -0.164. The fourth-order valence-electron chi connectivity index (χ4n) is 3.03. The highest BCUT2D eigenvalue weighted by atomic mass is 19.4.